The lowest BCUT2D eigenvalue weighted by Crippen LogP contribution is -2.50. The number of nitrogens with zero attached hydrogens (tertiary/aromatic N) is 6. The van der Waals surface area contributed by atoms with Crippen LogP contribution in [0.2, 0.25) is 0 Å². The highest BCUT2D eigenvalue weighted by Crippen LogP contribution is 2.44. The maximum absolute atomic E-state index is 14.3. The van der Waals surface area contributed by atoms with Gasteiger partial charge >= 0.3 is 12.1 Å². The molecule has 6 heterocycles. The summed E-state index contributed by atoms with van der Waals surface area (Å²) in [4.78, 5) is 22.3. The molecule has 2 aliphatic heterocycles. The molecule has 1 fully saturated rings. The van der Waals surface area contributed by atoms with Gasteiger partial charge in [-0.05, 0) is 80.6 Å². The van der Waals surface area contributed by atoms with Gasteiger partial charge in [0.15, 0.2) is 5.65 Å². The fraction of sp³-hybridized carbons (Fsp3) is 0.485. The number of sulfonamides is 1. The summed E-state index contributed by atoms with van der Waals surface area (Å²) in [5.41, 5.74) is 1.05. The molecule has 0 aliphatic carbocycles. The number of carbonyl (C=O) groups excluding carboxylic acids is 1. The minimum Gasteiger partial charge on any atom is -0.469 e. The van der Waals surface area contributed by atoms with Gasteiger partial charge in [0.1, 0.15) is 10.5 Å². The Morgan fingerprint density at radius 1 is 1.08 bits per heavy atom. The Labute approximate surface area is 281 Å². The molecule has 0 N–H and O–H groups in total. The Kier molecular flexibility index (Phi) is 8.72. The van der Waals surface area contributed by atoms with E-state index in [-0.39, 0.29) is 29.5 Å². The highest BCUT2D eigenvalue weighted by molar-refractivity contribution is 7.89. The summed E-state index contributed by atoms with van der Waals surface area (Å²) in [6, 6.07) is 4.79. The lowest BCUT2D eigenvalue weighted by molar-refractivity contribution is -0.151. The monoisotopic (exact) mass is 702 g/mol. The van der Waals surface area contributed by atoms with Gasteiger partial charge in [-0.1, -0.05) is 0 Å². The molecule has 2 aliphatic rings. The summed E-state index contributed by atoms with van der Waals surface area (Å²) < 4.78 is 89.0. The number of esters is 1. The molecule has 0 radical (unpaired) electrons. The molecule has 262 valence electrons. The van der Waals surface area contributed by atoms with Crippen LogP contribution < -0.4 is 4.74 Å². The fourth-order valence-corrected chi connectivity index (χ4v) is 8.36. The second-order valence-electron chi connectivity index (χ2n) is 13.3. The van der Waals surface area contributed by atoms with Gasteiger partial charge in [-0.3, -0.25) is 14.2 Å². The number of methoxy groups -OCH3 is 1. The van der Waals surface area contributed by atoms with Crippen molar-refractivity contribution in [1.82, 2.24) is 28.9 Å². The zero-order valence-electron chi connectivity index (χ0n) is 28.0. The van der Waals surface area contributed by atoms with Crippen molar-refractivity contribution in [2.75, 3.05) is 26.9 Å². The number of alkyl halides is 3. The van der Waals surface area contributed by atoms with Gasteiger partial charge in [0.25, 0.3) is 0 Å². The van der Waals surface area contributed by atoms with Crippen LogP contribution in [0.25, 0.3) is 5.65 Å². The molecule has 4 aromatic heterocycles. The lowest BCUT2D eigenvalue weighted by Gasteiger charge is -2.38. The number of rotatable bonds is 6. The van der Waals surface area contributed by atoms with Crippen molar-refractivity contribution >= 4 is 21.6 Å². The minimum absolute atomic E-state index is 0.0250. The number of aromatic nitrogens is 5. The Bertz CT molecular complexity index is 2040. The van der Waals surface area contributed by atoms with Gasteiger partial charge in [-0.25, -0.2) is 13.4 Å². The summed E-state index contributed by atoms with van der Waals surface area (Å²) in [7, 11) is -2.85. The van der Waals surface area contributed by atoms with Gasteiger partial charge in [-0.2, -0.15) is 17.5 Å². The third-order valence-electron chi connectivity index (χ3n) is 9.50. The van der Waals surface area contributed by atoms with E-state index in [0.717, 1.165) is 4.40 Å². The average molecular weight is 703 g/mol. The lowest BCUT2D eigenvalue weighted by atomic mass is 9.71. The highest BCUT2D eigenvalue weighted by Gasteiger charge is 2.47. The SMILES string of the molecule is COC(=O)C(C)(C)C(c1cc(CN2CC3(CCOCC3)Oc3ncc(C)cc3S2(=O)=O)c(C)cn1)c1ccn2c(C(F)(F)F)nnc2c1C. The van der Waals surface area contributed by atoms with Crippen LogP contribution in [-0.2, 0) is 37.0 Å². The van der Waals surface area contributed by atoms with E-state index in [1.807, 2.05) is 6.92 Å². The average Bonchev–Trinajstić information content (AvgIpc) is 3.47. The number of hydrogen-bond acceptors (Lipinski definition) is 10. The molecule has 49 heavy (non-hydrogen) atoms. The predicted octanol–water partition coefficient (Wildman–Crippen LogP) is 4.93. The number of pyridine rings is 3. The van der Waals surface area contributed by atoms with Crippen molar-refractivity contribution in [1.29, 1.82) is 0 Å². The van der Waals surface area contributed by atoms with Crippen molar-refractivity contribution in [2.45, 2.75) is 76.6 Å². The van der Waals surface area contributed by atoms with Crippen molar-refractivity contribution < 1.29 is 40.6 Å². The first-order valence-corrected chi connectivity index (χ1v) is 17.1. The van der Waals surface area contributed by atoms with Gasteiger partial charge < -0.3 is 14.2 Å². The molecular formula is C33H37F3N6O6S. The smallest absolute Gasteiger partial charge is 0.452 e. The number of carbonyl (C=O) groups is 1. The van der Waals surface area contributed by atoms with Gasteiger partial charge in [-0.15, -0.1) is 10.2 Å². The number of halogens is 3. The number of hydrogen-bond donors (Lipinski definition) is 0. The molecular weight excluding hydrogens is 665 g/mol. The first kappa shape index (κ1) is 34.7. The standard InChI is InChI=1S/C33H37F3N6O6S/c1-19-13-25-28(38-15-19)48-32(8-11-47-12-9-32)18-41(49(25,44)45)17-22-14-24(37-16-20(22)2)26(31(4,5)30(43)46-6)23-7-10-42-27(21(23)3)39-40-29(42)33(34,35)36/h7,10,13-16,26H,8-9,11-12,17-18H2,1-6H3. The van der Waals surface area contributed by atoms with E-state index in [2.05, 4.69) is 15.2 Å². The second-order valence-corrected chi connectivity index (χ2v) is 15.2. The molecule has 0 bridgehead atoms. The highest BCUT2D eigenvalue weighted by atomic mass is 32.2. The zero-order chi connectivity index (χ0) is 35.5. The molecule has 1 saturated heterocycles. The molecule has 6 rings (SSSR count). The van der Waals surface area contributed by atoms with Crippen LogP contribution in [0.3, 0.4) is 0 Å². The maximum atomic E-state index is 14.3. The molecule has 0 amide bonds. The fourth-order valence-electron chi connectivity index (χ4n) is 6.72. The van der Waals surface area contributed by atoms with Crippen LogP contribution >= 0.6 is 0 Å². The van der Waals surface area contributed by atoms with E-state index in [1.165, 1.54) is 23.7 Å². The first-order valence-electron chi connectivity index (χ1n) is 15.7. The van der Waals surface area contributed by atoms with Crippen LogP contribution in [0.5, 0.6) is 5.88 Å². The molecule has 0 aromatic carbocycles. The van der Waals surface area contributed by atoms with E-state index in [9.17, 15) is 26.4 Å². The quantitative estimate of drug-likeness (QED) is 0.255. The maximum Gasteiger partial charge on any atom is 0.452 e. The van der Waals surface area contributed by atoms with Crippen molar-refractivity contribution in [3.8, 4) is 5.88 Å². The van der Waals surface area contributed by atoms with Gasteiger partial charge in [0.05, 0.1) is 32.3 Å². The number of ether oxygens (including phenoxy) is 3. The predicted molar refractivity (Wildman–Crippen MR) is 169 cm³/mol. The van der Waals surface area contributed by atoms with Crippen LogP contribution in [0.1, 0.15) is 71.9 Å². The molecule has 1 atom stereocenters. The van der Waals surface area contributed by atoms with E-state index in [1.54, 1.807) is 52.2 Å². The Hall–Kier alpha value is -4.15. The van der Waals surface area contributed by atoms with E-state index in [0.29, 0.717) is 59.6 Å². The molecule has 1 unspecified atom stereocenters. The summed E-state index contributed by atoms with van der Waals surface area (Å²) in [6.07, 6.45) is 0.586. The normalized spacial score (nSPS) is 18.5. The van der Waals surface area contributed by atoms with Crippen molar-refractivity contribution in [2.24, 2.45) is 5.41 Å². The summed E-state index contributed by atoms with van der Waals surface area (Å²) in [6.45, 7) is 9.30. The Morgan fingerprint density at radius 2 is 1.80 bits per heavy atom. The Morgan fingerprint density at radius 3 is 2.47 bits per heavy atom. The third kappa shape index (κ3) is 6.14. The molecule has 16 heteroatoms. The zero-order valence-corrected chi connectivity index (χ0v) is 28.8. The first-order chi connectivity index (χ1) is 23.0. The van der Waals surface area contributed by atoms with Gasteiger partial charge in [0, 0.05) is 49.6 Å². The molecule has 0 saturated carbocycles. The van der Waals surface area contributed by atoms with E-state index >= 15 is 0 Å². The summed E-state index contributed by atoms with van der Waals surface area (Å²) in [5.74, 6) is -2.54. The van der Waals surface area contributed by atoms with E-state index in [4.69, 9.17) is 19.2 Å². The second kappa shape index (κ2) is 12.3. The summed E-state index contributed by atoms with van der Waals surface area (Å²) in [5, 5.41) is 7.20. The third-order valence-corrected chi connectivity index (χ3v) is 11.3. The summed E-state index contributed by atoms with van der Waals surface area (Å²) >= 11 is 0. The number of aryl methyl sites for hydroxylation is 3. The van der Waals surface area contributed by atoms with Gasteiger partial charge in [0.2, 0.25) is 21.7 Å². The topological polar surface area (TPSA) is 138 Å². The minimum atomic E-state index is -4.73. The van der Waals surface area contributed by atoms with E-state index < -0.39 is 44.9 Å². The van der Waals surface area contributed by atoms with Crippen LogP contribution in [0.15, 0.2) is 41.7 Å². The molecule has 12 nitrogen and oxygen atoms in total. The van der Waals surface area contributed by atoms with Crippen molar-refractivity contribution in [3.63, 3.8) is 0 Å². The Balaban J connectivity index is 1.48. The molecule has 1 spiro atoms. The number of fused-ring (bicyclic) bond motifs is 2. The van der Waals surface area contributed by atoms with Crippen LogP contribution in [0, 0.1) is 26.2 Å². The largest absolute Gasteiger partial charge is 0.469 e. The molecule has 4 aromatic rings. The van der Waals surface area contributed by atoms with Crippen LogP contribution in [-0.4, -0.2) is 75.7 Å². The van der Waals surface area contributed by atoms with Crippen LogP contribution in [0.4, 0.5) is 13.2 Å². The van der Waals surface area contributed by atoms with Crippen molar-refractivity contribution in [3.05, 3.63) is 76.1 Å².